The molecule has 0 aliphatic rings. The number of aliphatic hydroxyl groups excluding tert-OH is 1. The number of nitrogens with one attached hydrogen (secondary N) is 2. The quantitative estimate of drug-likeness (QED) is 0.510. The Balaban J connectivity index is 1.67. The number of aromatic nitrogens is 2. The highest BCUT2D eigenvalue weighted by atomic mass is 35.5. The average Bonchev–Trinajstić information content (AvgIpc) is 2.67. The van der Waals surface area contributed by atoms with Gasteiger partial charge in [0.05, 0.1) is 17.4 Å². The van der Waals surface area contributed by atoms with Gasteiger partial charge in [0.15, 0.2) is 5.82 Å². The van der Waals surface area contributed by atoms with Crippen LogP contribution < -0.4 is 15.2 Å². The molecule has 28 heavy (non-hydrogen) atoms. The van der Waals surface area contributed by atoms with Crippen molar-refractivity contribution < 1.29 is 14.7 Å². The summed E-state index contributed by atoms with van der Waals surface area (Å²) in [6.45, 7) is 4.16. The highest BCUT2D eigenvalue weighted by Gasteiger charge is 2.17. The Kier molecular flexibility index (Phi) is 7.03. The molecule has 148 valence electrons. The van der Waals surface area contributed by atoms with E-state index in [-0.39, 0.29) is 12.2 Å². The lowest BCUT2D eigenvalue weighted by atomic mass is 10.2. The van der Waals surface area contributed by atoms with Crippen molar-refractivity contribution in [2.45, 2.75) is 26.0 Å². The molecule has 0 radical (unpaired) electrons. The van der Waals surface area contributed by atoms with E-state index in [1.807, 2.05) is 30.3 Å². The first kappa shape index (κ1) is 20.3. The van der Waals surface area contributed by atoms with Gasteiger partial charge in [0.1, 0.15) is 31.5 Å². The second-order valence-electron chi connectivity index (χ2n) is 6.83. The van der Waals surface area contributed by atoms with Crippen LogP contribution in [0.5, 0.6) is 5.75 Å². The standard InChI is InChI=1S/C21H24ClN3O3/c1-2-10-25(12-16(26)14-28-17-6-4-3-5-7-17)13-20-23-19-11-15(22)8-9-18(19)21(27)24-20/h3-9,11,16,26H,2,10,12-14H2,1H3,(H,23,24,27)/p+1/t16-/m0/s1. The van der Waals surface area contributed by atoms with E-state index in [2.05, 4.69) is 16.9 Å². The lowest BCUT2D eigenvalue weighted by Crippen LogP contribution is -3.12. The normalized spacial score (nSPS) is 13.4. The average molecular weight is 403 g/mol. The Labute approximate surface area is 168 Å². The summed E-state index contributed by atoms with van der Waals surface area (Å²) in [6, 6.07) is 14.5. The van der Waals surface area contributed by atoms with Crippen LogP contribution in [0.25, 0.3) is 10.9 Å². The number of hydrogen-bond donors (Lipinski definition) is 3. The maximum atomic E-state index is 12.3. The third-order valence-corrected chi connectivity index (χ3v) is 4.68. The number of aromatic amines is 1. The molecule has 1 aromatic heterocycles. The number of para-hydroxylation sites is 1. The molecule has 0 saturated heterocycles. The topological polar surface area (TPSA) is 79.7 Å². The fourth-order valence-corrected chi connectivity index (χ4v) is 3.37. The van der Waals surface area contributed by atoms with Gasteiger partial charge in [-0.1, -0.05) is 36.7 Å². The van der Waals surface area contributed by atoms with Crippen molar-refractivity contribution in [1.29, 1.82) is 0 Å². The number of nitrogens with zero attached hydrogens (tertiary/aromatic N) is 1. The Hall–Kier alpha value is -2.41. The van der Waals surface area contributed by atoms with Gasteiger partial charge in [0.2, 0.25) is 0 Å². The minimum absolute atomic E-state index is 0.180. The summed E-state index contributed by atoms with van der Waals surface area (Å²) in [7, 11) is 0. The number of ether oxygens (including phenoxy) is 1. The molecule has 0 aliphatic heterocycles. The number of hydrogen-bond acceptors (Lipinski definition) is 4. The molecule has 0 fully saturated rings. The summed E-state index contributed by atoms with van der Waals surface area (Å²) in [5.41, 5.74) is 0.399. The summed E-state index contributed by atoms with van der Waals surface area (Å²) in [5, 5.41) is 11.5. The lowest BCUT2D eigenvalue weighted by Gasteiger charge is -2.21. The van der Waals surface area contributed by atoms with Crippen molar-refractivity contribution in [3.63, 3.8) is 0 Å². The van der Waals surface area contributed by atoms with E-state index in [0.717, 1.165) is 23.6 Å². The third kappa shape index (κ3) is 5.55. The number of halogens is 1. The molecule has 3 rings (SSSR count). The monoisotopic (exact) mass is 402 g/mol. The predicted molar refractivity (Wildman–Crippen MR) is 110 cm³/mol. The second kappa shape index (κ2) is 9.68. The molecule has 3 N–H and O–H groups in total. The van der Waals surface area contributed by atoms with Crippen LogP contribution in [-0.2, 0) is 6.54 Å². The number of quaternary nitrogens is 1. The van der Waals surface area contributed by atoms with Crippen molar-refractivity contribution in [2.75, 3.05) is 19.7 Å². The number of fused-ring (bicyclic) bond motifs is 1. The van der Waals surface area contributed by atoms with Gasteiger partial charge < -0.3 is 19.7 Å². The first-order valence-electron chi connectivity index (χ1n) is 9.43. The van der Waals surface area contributed by atoms with Gasteiger partial charge in [-0.15, -0.1) is 0 Å². The van der Waals surface area contributed by atoms with E-state index in [9.17, 15) is 9.90 Å². The smallest absolute Gasteiger partial charge is 0.258 e. The Bertz CT molecular complexity index is 962. The molecule has 0 spiro atoms. The number of aliphatic hydroxyl groups is 1. The molecule has 0 amide bonds. The molecular formula is C21H25ClN3O3+. The maximum Gasteiger partial charge on any atom is 0.258 e. The van der Waals surface area contributed by atoms with Crippen molar-refractivity contribution in [3.8, 4) is 5.75 Å². The molecule has 2 atom stereocenters. The van der Waals surface area contributed by atoms with Crippen LogP contribution in [0, 0.1) is 0 Å². The number of H-pyrrole nitrogens is 1. The number of rotatable bonds is 9. The van der Waals surface area contributed by atoms with E-state index in [0.29, 0.717) is 34.8 Å². The van der Waals surface area contributed by atoms with Crippen molar-refractivity contribution >= 4 is 22.5 Å². The van der Waals surface area contributed by atoms with Crippen LogP contribution >= 0.6 is 11.6 Å². The van der Waals surface area contributed by atoms with Gasteiger partial charge in [-0.2, -0.15) is 0 Å². The first-order valence-corrected chi connectivity index (χ1v) is 9.81. The summed E-state index contributed by atoms with van der Waals surface area (Å²) < 4.78 is 5.64. The van der Waals surface area contributed by atoms with Gasteiger partial charge in [-0.3, -0.25) is 4.79 Å². The van der Waals surface area contributed by atoms with Crippen LogP contribution in [0.4, 0.5) is 0 Å². The fraction of sp³-hybridized carbons (Fsp3) is 0.333. The molecule has 1 heterocycles. The molecule has 7 heteroatoms. The van der Waals surface area contributed by atoms with Crippen LogP contribution in [0.1, 0.15) is 19.2 Å². The van der Waals surface area contributed by atoms with E-state index in [1.165, 1.54) is 0 Å². The molecule has 2 aromatic carbocycles. The minimum Gasteiger partial charge on any atom is -0.491 e. The molecule has 6 nitrogen and oxygen atoms in total. The van der Waals surface area contributed by atoms with Gasteiger partial charge >= 0.3 is 0 Å². The summed E-state index contributed by atoms with van der Waals surface area (Å²) in [6.07, 6.45) is 0.328. The van der Waals surface area contributed by atoms with E-state index >= 15 is 0 Å². The first-order chi connectivity index (χ1) is 13.5. The van der Waals surface area contributed by atoms with Gasteiger partial charge in [0.25, 0.3) is 5.56 Å². The molecule has 1 unspecified atom stereocenters. The molecule has 0 aliphatic carbocycles. The second-order valence-corrected chi connectivity index (χ2v) is 7.27. The highest BCUT2D eigenvalue weighted by molar-refractivity contribution is 6.31. The fourth-order valence-electron chi connectivity index (χ4n) is 3.20. The largest absolute Gasteiger partial charge is 0.491 e. The van der Waals surface area contributed by atoms with E-state index in [4.69, 9.17) is 16.3 Å². The zero-order valence-electron chi connectivity index (χ0n) is 15.8. The zero-order valence-corrected chi connectivity index (χ0v) is 16.6. The maximum absolute atomic E-state index is 12.3. The van der Waals surface area contributed by atoms with E-state index < -0.39 is 6.10 Å². The highest BCUT2D eigenvalue weighted by Crippen LogP contribution is 2.14. The summed E-state index contributed by atoms with van der Waals surface area (Å²) >= 11 is 6.03. The van der Waals surface area contributed by atoms with Crippen molar-refractivity contribution in [2.24, 2.45) is 0 Å². The predicted octanol–water partition coefficient (Wildman–Crippen LogP) is 1.81. The van der Waals surface area contributed by atoms with Crippen LogP contribution in [-0.4, -0.2) is 40.9 Å². The van der Waals surface area contributed by atoms with Gasteiger partial charge in [-0.05, 0) is 36.8 Å². The summed E-state index contributed by atoms with van der Waals surface area (Å²) in [4.78, 5) is 20.8. The Morgan fingerprint density at radius 3 is 2.79 bits per heavy atom. The summed E-state index contributed by atoms with van der Waals surface area (Å²) in [5.74, 6) is 1.32. The lowest BCUT2D eigenvalue weighted by molar-refractivity contribution is -0.917. The van der Waals surface area contributed by atoms with Crippen molar-refractivity contribution in [3.05, 3.63) is 69.7 Å². The molecule has 3 aromatic rings. The van der Waals surface area contributed by atoms with Crippen LogP contribution in [0.3, 0.4) is 0 Å². The third-order valence-electron chi connectivity index (χ3n) is 4.45. The molecule has 0 saturated carbocycles. The number of benzene rings is 2. The van der Waals surface area contributed by atoms with Gasteiger partial charge in [0, 0.05) is 5.02 Å². The minimum atomic E-state index is -0.622. The van der Waals surface area contributed by atoms with Crippen LogP contribution in [0.2, 0.25) is 5.02 Å². The Morgan fingerprint density at radius 1 is 1.25 bits per heavy atom. The van der Waals surface area contributed by atoms with Crippen molar-refractivity contribution in [1.82, 2.24) is 9.97 Å². The molecule has 0 bridgehead atoms. The van der Waals surface area contributed by atoms with Gasteiger partial charge in [-0.25, -0.2) is 4.98 Å². The van der Waals surface area contributed by atoms with E-state index in [1.54, 1.807) is 18.2 Å². The SMILES string of the molecule is CCC[NH+](Cc1nc2cc(Cl)ccc2c(=O)[nH]1)C[C@H](O)COc1ccccc1. The molecular weight excluding hydrogens is 378 g/mol. The zero-order chi connectivity index (χ0) is 19.9. The Morgan fingerprint density at radius 2 is 2.04 bits per heavy atom. The van der Waals surface area contributed by atoms with Crippen LogP contribution in [0.15, 0.2) is 53.3 Å².